The van der Waals surface area contributed by atoms with Gasteiger partial charge in [0.2, 0.25) is 11.8 Å². The molecule has 0 atom stereocenters. The van der Waals surface area contributed by atoms with Crippen LogP contribution in [0.25, 0.3) is 0 Å². The Labute approximate surface area is 148 Å². The molecule has 0 aromatic carbocycles. The number of carbonyl (C=O) groups is 2. The van der Waals surface area contributed by atoms with Crippen molar-refractivity contribution in [3.8, 4) is 0 Å². The van der Waals surface area contributed by atoms with Crippen molar-refractivity contribution in [2.24, 2.45) is 0 Å². The number of likely N-dealkylation sites (N-methyl/N-ethyl adjacent to an activating group) is 1. The Balaban J connectivity index is 1.80. The van der Waals surface area contributed by atoms with Crippen LogP contribution >= 0.6 is 0 Å². The number of hydrogen-bond donors (Lipinski definition) is 0. The molecule has 0 bridgehead atoms. The number of nitrogens with zero attached hydrogens (tertiary/aromatic N) is 4. The Morgan fingerprint density at radius 2 is 1.76 bits per heavy atom. The third-order valence-electron chi connectivity index (χ3n) is 4.05. The van der Waals surface area contributed by atoms with Gasteiger partial charge in [-0.2, -0.15) is 0 Å². The predicted molar refractivity (Wildman–Crippen MR) is 95.5 cm³/mol. The third kappa shape index (κ3) is 6.33. The molecule has 0 N–H and O–H groups in total. The van der Waals surface area contributed by atoms with Gasteiger partial charge in [-0.1, -0.05) is 6.07 Å². The highest BCUT2D eigenvalue weighted by atomic mass is 16.2. The van der Waals surface area contributed by atoms with Crippen molar-refractivity contribution in [2.45, 2.75) is 26.3 Å². The fourth-order valence-corrected chi connectivity index (χ4v) is 2.45. The van der Waals surface area contributed by atoms with Gasteiger partial charge in [-0.05, 0) is 35.7 Å². The van der Waals surface area contributed by atoms with Crippen molar-refractivity contribution in [3.05, 3.63) is 60.2 Å². The maximum atomic E-state index is 12.3. The van der Waals surface area contributed by atoms with E-state index in [-0.39, 0.29) is 11.8 Å². The summed E-state index contributed by atoms with van der Waals surface area (Å²) < 4.78 is 0. The van der Waals surface area contributed by atoms with Crippen LogP contribution in [0.2, 0.25) is 0 Å². The molecule has 25 heavy (non-hydrogen) atoms. The van der Waals surface area contributed by atoms with Gasteiger partial charge in [-0.15, -0.1) is 0 Å². The van der Waals surface area contributed by atoms with E-state index in [9.17, 15) is 9.59 Å². The summed E-state index contributed by atoms with van der Waals surface area (Å²) in [4.78, 5) is 35.5. The summed E-state index contributed by atoms with van der Waals surface area (Å²) in [5.41, 5.74) is 2.10. The van der Waals surface area contributed by atoms with Gasteiger partial charge in [0, 0.05) is 64.8 Å². The van der Waals surface area contributed by atoms with Crippen LogP contribution in [-0.4, -0.2) is 51.7 Å². The first-order valence-corrected chi connectivity index (χ1v) is 8.33. The minimum Gasteiger partial charge on any atom is -0.345 e. The van der Waals surface area contributed by atoms with Crippen LogP contribution < -0.4 is 0 Å². The molecule has 6 nitrogen and oxygen atoms in total. The maximum absolute atomic E-state index is 12.3. The van der Waals surface area contributed by atoms with Crippen LogP contribution in [0, 0.1) is 0 Å². The molecular formula is C19H24N4O2. The summed E-state index contributed by atoms with van der Waals surface area (Å²) >= 11 is 0. The van der Waals surface area contributed by atoms with E-state index in [0.717, 1.165) is 17.5 Å². The van der Waals surface area contributed by atoms with E-state index in [1.165, 1.54) is 6.92 Å². The molecule has 0 radical (unpaired) electrons. The number of rotatable bonds is 8. The van der Waals surface area contributed by atoms with Crippen molar-refractivity contribution < 1.29 is 9.59 Å². The number of aromatic nitrogens is 2. The zero-order valence-electron chi connectivity index (χ0n) is 14.8. The van der Waals surface area contributed by atoms with Crippen LogP contribution in [0.5, 0.6) is 0 Å². The Bertz CT molecular complexity index is 676. The molecule has 2 rings (SSSR count). The van der Waals surface area contributed by atoms with Gasteiger partial charge in [-0.25, -0.2) is 0 Å². The number of pyridine rings is 2. The minimum absolute atomic E-state index is 0.0338. The average molecular weight is 340 g/mol. The molecule has 2 aromatic rings. The molecule has 6 heteroatoms. The van der Waals surface area contributed by atoms with Crippen molar-refractivity contribution in [1.82, 2.24) is 19.8 Å². The fourth-order valence-electron chi connectivity index (χ4n) is 2.45. The van der Waals surface area contributed by atoms with E-state index in [1.54, 1.807) is 41.6 Å². The van der Waals surface area contributed by atoms with Crippen molar-refractivity contribution in [2.75, 3.05) is 20.1 Å². The van der Waals surface area contributed by atoms with E-state index in [1.807, 2.05) is 24.3 Å². The van der Waals surface area contributed by atoms with E-state index in [4.69, 9.17) is 0 Å². The molecule has 0 unspecified atom stereocenters. The lowest BCUT2D eigenvalue weighted by Gasteiger charge is -2.23. The SMILES string of the molecule is CC(=O)N(CCC(=O)N(C)CCc1ccncc1)Cc1cccnc1. The molecule has 0 aliphatic heterocycles. The van der Waals surface area contributed by atoms with Crippen molar-refractivity contribution >= 4 is 11.8 Å². The molecule has 2 amide bonds. The zero-order chi connectivity index (χ0) is 18.1. The molecule has 0 saturated heterocycles. The second-order valence-corrected chi connectivity index (χ2v) is 5.97. The van der Waals surface area contributed by atoms with Crippen LogP contribution in [0.15, 0.2) is 49.1 Å². The second-order valence-electron chi connectivity index (χ2n) is 5.97. The third-order valence-corrected chi connectivity index (χ3v) is 4.05. The Morgan fingerprint density at radius 3 is 2.40 bits per heavy atom. The molecular weight excluding hydrogens is 316 g/mol. The van der Waals surface area contributed by atoms with E-state index in [2.05, 4.69) is 9.97 Å². The van der Waals surface area contributed by atoms with Gasteiger partial charge in [0.05, 0.1) is 0 Å². The van der Waals surface area contributed by atoms with Crippen LogP contribution in [0.4, 0.5) is 0 Å². The summed E-state index contributed by atoms with van der Waals surface area (Å²) in [6.45, 7) is 3.04. The zero-order valence-corrected chi connectivity index (χ0v) is 14.8. The molecule has 0 spiro atoms. The summed E-state index contributed by atoms with van der Waals surface area (Å²) in [6.07, 6.45) is 8.03. The average Bonchev–Trinajstić information content (AvgIpc) is 2.64. The first kappa shape index (κ1) is 18.6. The Morgan fingerprint density at radius 1 is 1.00 bits per heavy atom. The standard InChI is InChI=1S/C19H24N4O2/c1-16(24)23(15-18-4-3-9-21-14-18)13-8-19(25)22(2)12-7-17-5-10-20-11-6-17/h3-6,9-11,14H,7-8,12-13,15H2,1-2H3. The van der Waals surface area contributed by atoms with Gasteiger partial charge in [0.25, 0.3) is 0 Å². The molecule has 0 aliphatic carbocycles. The number of amides is 2. The van der Waals surface area contributed by atoms with Gasteiger partial charge < -0.3 is 9.80 Å². The summed E-state index contributed by atoms with van der Waals surface area (Å²) in [5.74, 6) is -0.0115. The summed E-state index contributed by atoms with van der Waals surface area (Å²) in [6, 6.07) is 7.66. The molecule has 132 valence electrons. The Hall–Kier alpha value is -2.76. The van der Waals surface area contributed by atoms with Crippen LogP contribution in [0.3, 0.4) is 0 Å². The van der Waals surface area contributed by atoms with E-state index >= 15 is 0 Å². The highest BCUT2D eigenvalue weighted by Crippen LogP contribution is 2.06. The summed E-state index contributed by atoms with van der Waals surface area (Å²) in [5, 5.41) is 0. The largest absolute Gasteiger partial charge is 0.345 e. The van der Waals surface area contributed by atoms with Gasteiger partial charge in [-0.3, -0.25) is 19.6 Å². The minimum atomic E-state index is -0.0453. The highest BCUT2D eigenvalue weighted by Gasteiger charge is 2.14. The lowest BCUT2D eigenvalue weighted by Crippen LogP contribution is -2.35. The normalized spacial score (nSPS) is 10.3. The summed E-state index contributed by atoms with van der Waals surface area (Å²) in [7, 11) is 1.79. The van der Waals surface area contributed by atoms with Crippen molar-refractivity contribution in [3.63, 3.8) is 0 Å². The number of carbonyl (C=O) groups excluding carboxylic acids is 2. The molecule has 2 heterocycles. The first-order valence-electron chi connectivity index (χ1n) is 8.33. The van der Waals surface area contributed by atoms with Crippen LogP contribution in [0.1, 0.15) is 24.5 Å². The topological polar surface area (TPSA) is 66.4 Å². The molecule has 0 aliphatic rings. The monoisotopic (exact) mass is 340 g/mol. The predicted octanol–water partition coefficient (Wildman–Crippen LogP) is 1.92. The van der Waals surface area contributed by atoms with Crippen molar-refractivity contribution in [1.29, 1.82) is 0 Å². The van der Waals surface area contributed by atoms with Gasteiger partial charge in [0.15, 0.2) is 0 Å². The Kier molecular flexibility index (Phi) is 7.07. The first-order chi connectivity index (χ1) is 12.1. The lowest BCUT2D eigenvalue weighted by molar-refractivity contribution is -0.133. The van der Waals surface area contributed by atoms with Gasteiger partial charge in [0.1, 0.15) is 0 Å². The van der Waals surface area contributed by atoms with Gasteiger partial charge >= 0.3 is 0 Å². The van der Waals surface area contributed by atoms with Crippen LogP contribution in [-0.2, 0) is 22.6 Å². The molecule has 0 saturated carbocycles. The quantitative estimate of drug-likeness (QED) is 0.736. The molecule has 2 aromatic heterocycles. The van der Waals surface area contributed by atoms with E-state index in [0.29, 0.717) is 26.1 Å². The smallest absolute Gasteiger partial charge is 0.224 e. The maximum Gasteiger partial charge on any atom is 0.224 e. The number of hydrogen-bond acceptors (Lipinski definition) is 4. The fraction of sp³-hybridized carbons (Fsp3) is 0.368. The molecule has 0 fully saturated rings. The second kappa shape index (κ2) is 9.52. The highest BCUT2D eigenvalue weighted by molar-refractivity contribution is 5.78. The van der Waals surface area contributed by atoms with E-state index < -0.39 is 0 Å². The lowest BCUT2D eigenvalue weighted by atomic mass is 10.2.